The number of nitrogens with zero attached hydrogens (tertiary/aromatic N) is 1. The fraction of sp³-hybridized carbons (Fsp3) is 0.500. The van der Waals surface area contributed by atoms with Crippen molar-refractivity contribution in [1.29, 1.82) is 0 Å². The van der Waals surface area contributed by atoms with Crippen LogP contribution in [0, 0.1) is 0 Å². The Bertz CT molecular complexity index is 339. The average molecular weight is 225 g/mol. The fourth-order valence-corrected chi connectivity index (χ4v) is 1.71. The van der Waals surface area contributed by atoms with Crippen LogP contribution in [0.5, 0.6) is 11.5 Å². The van der Waals surface area contributed by atoms with E-state index in [2.05, 4.69) is 0 Å². The minimum atomic E-state index is -0.0925. The molecule has 16 heavy (non-hydrogen) atoms. The zero-order valence-corrected chi connectivity index (χ0v) is 10.2. The molecule has 0 aliphatic heterocycles. The maximum atomic E-state index is 9.40. The van der Waals surface area contributed by atoms with E-state index in [1.54, 1.807) is 14.2 Å². The minimum absolute atomic E-state index is 0.0382. The molecule has 1 aromatic carbocycles. The van der Waals surface area contributed by atoms with E-state index in [9.17, 15) is 5.11 Å². The summed E-state index contributed by atoms with van der Waals surface area (Å²) in [6.07, 6.45) is 0. The van der Waals surface area contributed by atoms with E-state index in [-0.39, 0.29) is 12.6 Å². The lowest BCUT2D eigenvalue weighted by molar-refractivity contribution is 0.167. The number of hydrogen-bond donors (Lipinski definition) is 1. The van der Waals surface area contributed by atoms with Gasteiger partial charge in [0, 0.05) is 5.56 Å². The molecule has 0 amide bonds. The van der Waals surface area contributed by atoms with Crippen LogP contribution in [-0.4, -0.2) is 44.9 Å². The quantitative estimate of drug-likeness (QED) is 0.820. The van der Waals surface area contributed by atoms with Gasteiger partial charge in [-0.2, -0.15) is 0 Å². The van der Waals surface area contributed by atoms with Gasteiger partial charge in [-0.1, -0.05) is 12.1 Å². The molecule has 1 atom stereocenters. The maximum Gasteiger partial charge on any atom is 0.165 e. The second-order valence-corrected chi connectivity index (χ2v) is 3.74. The lowest BCUT2D eigenvalue weighted by Crippen LogP contribution is -2.23. The van der Waals surface area contributed by atoms with Gasteiger partial charge in [0.25, 0.3) is 0 Å². The standard InChI is InChI=1S/C12H19NO3/c1-13(2)10(8-14)9-6-5-7-11(15-3)12(9)16-4/h5-7,10,14H,8H2,1-4H3/t10-/m1/s1. The zero-order valence-electron chi connectivity index (χ0n) is 10.2. The summed E-state index contributed by atoms with van der Waals surface area (Å²) in [7, 11) is 7.04. The molecule has 0 saturated heterocycles. The Morgan fingerprint density at radius 2 is 1.94 bits per heavy atom. The third-order valence-corrected chi connectivity index (χ3v) is 2.59. The number of aliphatic hydroxyl groups is 1. The van der Waals surface area contributed by atoms with Gasteiger partial charge in [0.05, 0.1) is 26.9 Å². The summed E-state index contributed by atoms with van der Waals surface area (Å²) in [5.41, 5.74) is 0.925. The second-order valence-electron chi connectivity index (χ2n) is 3.74. The zero-order chi connectivity index (χ0) is 12.1. The molecule has 0 bridgehead atoms. The summed E-state index contributed by atoms with van der Waals surface area (Å²) in [6, 6.07) is 5.57. The Morgan fingerprint density at radius 1 is 1.25 bits per heavy atom. The van der Waals surface area contributed by atoms with E-state index in [0.717, 1.165) is 5.56 Å². The molecule has 4 nitrogen and oxygen atoms in total. The van der Waals surface area contributed by atoms with Gasteiger partial charge in [-0.3, -0.25) is 0 Å². The summed E-state index contributed by atoms with van der Waals surface area (Å²) in [6.45, 7) is 0.0382. The van der Waals surface area contributed by atoms with Crippen molar-refractivity contribution in [2.45, 2.75) is 6.04 Å². The number of para-hydroxylation sites is 1. The van der Waals surface area contributed by atoms with E-state index in [1.165, 1.54) is 0 Å². The number of hydrogen-bond acceptors (Lipinski definition) is 4. The molecular formula is C12H19NO3. The van der Waals surface area contributed by atoms with E-state index >= 15 is 0 Å². The third-order valence-electron chi connectivity index (χ3n) is 2.59. The number of ether oxygens (including phenoxy) is 2. The van der Waals surface area contributed by atoms with E-state index < -0.39 is 0 Å². The lowest BCUT2D eigenvalue weighted by Gasteiger charge is -2.25. The van der Waals surface area contributed by atoms with Crippen molar-refractivity contribution in [1.82, 2.24) is 4.90 Å². The molecule has 1 rings (SSSR count). The van der Waals surface area contributed by atoms with Crippen molar-refractivity contribution in [2.24, 2.45) is 0 Å². The summed E-state index contributed by atoms with van der Waals surface area (Å²) in [5.74, 6) is 1.36. The fourth-order valence-electron chi connectivity index (χ4n) is 1.71. The molecule has 0 unspecified atom stereocenters. The molecule has 0 aliphatic rings. The van der Waals surface area contributed by atoms with Crippen LogP contribution in [-0.2, 0) is 0 Å². The largest absolute Gasteiger partial charge is 0.493 e. The molecule has 0 aromatic heterocycles. The highest BCUT2D eigenvalue weighted by Gasteiger charge is 2.19. The Hall–Kier alpha value is -1.26. The predicted octanol–water partition coefficient (Wildman–Crippen LogP) is 1.30. The van der Waals surface area contributed by atoms with Gasteiger partial charge < -0.3 is 19.5 Å². The summed E-state index contributed by atoms with van der Waals surface area (Å²) in [4.78, 5) is 1.94. The lowest BCUT2D eigenvalue weighted by atomic mass is 10.0. The Kier molecular flexibility index (Phi) is 4.58. The third kappa shape index (κ3) is 2.46. The summed E-state index contributed by atoms with van der Waals surface area (Å²) >= 11 is 0. The van der Waals surface area contributed by atoms with Crippen LogP contribution >= 0.6 is 0 Å². The maximum absolute atomic E-state index is 9.40. The van der Waals surface area contributed by atoms with Crippen molar-refractivity contribution in [2.75, 3.05) is 34.9 Å². The minimum Gasteiger partial charge on any atom is -0.493 e. The van der Waals surface area contributed by atoms with Gasteiger partial charge in [0.15, 0.2) is 11.5 Å². The average Bonchev–Trinajstić information content (AvgIpc) is 2.29. The Labute approximate surface area is 96.4 Å². The summed E-state index contributed by atoms with van der Waals surface area (Å²) in [5, 5.41) is 9.40. The first-order valence-corrected chi connectivity index (χ1v) is 5.13. The molecule has 90 valence electrons. The molecule has 0 spiro atoms. The van der Waals surface area contributed by atoms with Gasteiger partial charge >= 0.3 is 0 Å². The normalized spacial score (nSPS) is 12.6. The SMILES string of the molecule is COc1cccc([C@@H](CO)N(C)C)c1OC. The summed E-state index contributed by atoms with van der Waals surface area (Å²) < 4.78 is 10.6. The van der Waals surface area contributed by atoms with Crippen LogP contribution in [0.1, 0.15) is 11.6 Å². The number of methoxy groups -OCH3 is 2. The first-order valence-electron chi connectivity index (χ1n) is 5.13. The van der Waals surface area contributed by atoms with Crippen molar-refractivity contribution in [3.05, 3.63) is 23.8 Å². The van der Waals surface area contributed by atoms with Gasteiger partial charge in [0.1, 0.15) is 0 Å². The highest BCUT2D eigenvalue weighted by Crippen LogP contribution is 2.35. The molecule has 1 N–H and O–H groups in total. The molecule has 0 heterocycles. The van der Waals surface area contributed by atoms with Crippen molar-refractivity contribution in [3.63, 3.8) is 0 Å². The number of benzene rings is 1. The van der Waals surface area contributed by atoms with E-state index in [0.29, 0.717) is 11.5 Å². The number of likely N-dealkylation sites (N-methyl/N-ethyl adjacent to an activating group) is 1. The number of rotatable bonds is 5. The van der Waals surface area contributed by atoms with Crippen LogP contribution in [0.2, 0.25) is 0 Å². The topological polar surface area (TPSA) is 41.9 Å². The van der Waals surface area contributed by atoms with Gasteiger partial charge in [-0.05, 0) is 20.2 Å². The molecule has 0 saturated carbocycles. The molecule has 0 fully saturated rings. The highest BCUT2D eigenvalue weighted by molar-refractivity contribution is 5.48. The van der Waals surface area contributed by atoms with Gasteiger partial charge in [-0.25, -0.2) is 0 Å². The molecule has 1 aromatic rings. The van der Waals surface area contributed by atoms with Crippen molar-refractivity contribution < 1.29 is 14.6 Å². The smallest absolute Gasteiger partial charge is 0.165 e. The Morgan fingerprint density at radius 3 is 2.38 bits per heavy atom. The van der Waals surface area contributed by atoms with Crippen LogP contribution in [0.15, 0.2) is 18.2 Å². The van der Waals surface area contributed by atoms with E-state index in [1.807, 2.05) is 37.2 Å². The van der Waals surface area contributed by atoms with Gasteiger partial charge in [-0.15, -0.1) is 0 Å². The molecular weight excluding hydrogens is 206 g/mol. The molecule has 0 aliphatic carbocycles. The molecule has 0 radical (unpaired) electrons. The highest BCUT2D eigenvalue weighted by atomic mass is 16.5. The van der Waals surface area contributed by atoms with E-state index in [4.69, 9.17) is 9.47 Å². The second kappa shape index (κ2) is 5.72. The van der Waals surface area contributed by atoms with Crippen LogP contribution in [0.3, 0.4) is 0 Å². The monoisotopic (exact) mass is 225 g/mol. The first-order chi connectivity index (χ1) is 7.65. The molecule has 4 heteroatoms. The number of aliphatic hydroxyl groups excluding tert-OH is 1. The Balaban J connectivity index is 3.20. The van der Waals surface area contributed by atoms with Crippen molar-refractivity contribution in [3.8, 4) is 11.5 Å². The predicted molar refractivity (Wildman–Crippen MR) is 63.1 cm³/mol. The van der Waals surface area contributed by atoms with Crippen LogP contribution < -0.4 is 9.47 Å². The van der Waals surface area contributed by atoms with Gasteiger partial charge in [0.2, 0.25) is 0 Å². The first kappa shape index (κ1) is 12.8. The van der Waals surface area contributed by atoms with Crippen LogP contribution in [0.25, 0.3) is 0 Å². The van der Waals surface area contributed by atoms with Crippen molar-refractivity contribution >= 4 is 0 Å². The van der Waals surface area contributed by atoms with Crippen LogP contribution in [0.4, 0.5) is 0 Å².